The summed E-state index contributed by atoms with van der Waals surface area (Å²) in [5, 5.41) is 0. The molecule has 1 rings (SSSR count). The lowest BCUT2D eigenvalue weighted by atomic mass is 9.97. The third-order valence-electron chi connectivity index (χ3n) is 3.61. The van der Waals surface area contributed by atoms with Crippen LogP contribution >= 0.6 is 0 Å². The molecule has 0 aliphatic carbocycles. The van der Waals surface area contributed by atoms with Gasteiger partial charge in [0, 0.05) is 6.54 Å². The van der Waals surface area contributed by atoms with Crippen molar-refractivity contribution in [3.63, 3.8) is 0 Å². The topological polar surface area (TPSA) is 75.4 Å². The zero-order valence-corrected chi connectivity index (χ0v) is 12.2. The fourth-order valence-corrected chi connectivity index (χ4v) is 3.48. The summed E-state index contributed by atoms with van der Waals surface area (Å²) in [7, 11) is -3.09. The van der Waals surface area contributed by atoms with E-state index in [0.29, 0.717) is 25.4 Å². The molecule has 1 aliphatic heterocycles. The van der Waals surface area contributed by atoms with E-state index >= 15 is 0 Å². The molecule has 0 aromatic rings. The van der Waals surface area contributed by atoms with E-state index in [2.05, 4.69) is 16.5 Å². The van der Waals surface area contributed by atoms with E-state index < -0.39 is 10.0 Å². The summed E-state index contributed by atoms with van der Waals surface area (Å²) >= 11 is 0. The highest BCUT2D eigenvalue weighted by molar-refractivity contribution is 7.89. The molecule has 0 aromatic heterocycles. The first-order chi connectivity index (χ1) is 8.57. The van der Waals surface area contributed by atoms with Gasteiger partial charge in [0.1, 0.15) is 0 Å². The Morgan fingerprint density at radius 3 is 2.50 bits per heavy atom. The Labute approximate surface area is 111 Å². The van der Waals surface area contributed by atoms with Crippen LogP contribution in [0.2, 0.25) is 0 Å². The van der Waals surface area contributed by atoms with Crippen LogP contribution in [0.1, 0.15) is 32.6 Å². The molecule has 108 valence electrons. The van der Waals surface area contributed by atoms with Crippen LogP contribution in [0.3, 0.4) is 0 Å². The number of nitrogens with one attached hydrogen (secondary N) is 1. The molecule has 6 heteroatoms. The number of sulfonamides is 1. The van der Waals surface area contributed by atoms with Gasteiger partial charge < -0.3 is 10.6 Å². The fourth-order valence-electron chi connectivity index (χ4n) is 2.26. The number of likely N-dealkylation sites (tertiary alicyclic amines) is 1. The van der Waals surface area contributed by atoms with Gasteiger partial charge >= 0.3 is 0 Å². The number of rotatable bonds is 8. The average molecular weight is 277 g/mol. The van der Waals surface area contributed by atoms with E-state index in [0.717, 1.165) is 38.9 Å². The van der Waals surface area contributed by atoms with E-state index in [1.807, 2.05) is 0 Å². The molecule has 0 unspecified atom stereocenters. The van der Waals surface area contributed by atoms with Crippen LogP contribution in [0.4, 0.5) is 0 Å². The van der Waals surface area contributed by atoms with Crippen LogP contribution < -0.4 is 10.5 Å². The van der Waals surface area contributed by atoms with Crippen molar-refractivity contribution in [1.82, 2.24) is 9.62 Å². The van der Waals surface area contributed by atoms with Gasteiger partial charge in [0.25, 0.3) is 0 Å². The van der Waals surface area contributed by atoms with Crippen molar-refractivity contribution >= 4 is 10.0 Å². The molecular formula is C12H27N3O2S. The van der Waals surface area contributed by atoms with E-state index in [4.69, 9.17) is 5.73 Å². The third kappa shape index (κ3) is 6.13. The SMILES string of the molecule is CCN1CCC(CNS(=O)(=O)CCCCN)CC1. The Morgan fingerprint density at radius 2 is 1.94 bits per heavy atom. The maximum Gasteiger partial charge on any atom is 0.211 e. The number of nitrogens with two attached hydrogens (primary N) is 1. The van der Waals surface area contributed by atoms with Crippen LogP contribution in [0.25, 0.3) is 0 Å². The lowest BCUT2D eigenvalue weighted by Crippen LogP contribution is -2.39. The van der Waals surface area contributed by atoms with Crippen LogP contribution in [-0.2, 0) is 10.0 Å². The van der Waals surface area contributed by atoms with Gasteiger partial charge in [-0.15, -0.1) is 0 Å². The Kier molecular flexibility index (Phi) is 7.14. The molecule has 0 bridgehead atoms. The molecular weight excluding hydrogens is 250 g/mol. The Balaban J connectivity index is 2.20. The summed E-state index contributed by atoms with van der Waals surface area (Å²) in [6.07, 6.45) is 3.62. The summed E-state index contributed by atoms with van der Waals surface area (Å²) in [6, 6.07) is 0. The molecule has 3 N–H and O–H groups in total. The zero-order chi connectivity index (χ0) is 13.4. The minimum Gasteiger partial charge on any atom is -0.330 e. The minimum atomic E-state index is -3.09. The molecule has 0 spiro atoms. The first kappa shape index (κ1) is 15.9. The average Bonchev–Trinajstić information content (AvgIpc) is 2.37. The van der Waals surface area contributed by atoms with Gasteiger partial charge in [0.05, 0.1) is 5.75 Å². The maximum atomic E-state index is 11.7. The van der Waals surface area contributed by atoms with Crippen LogP contribution in [-0.4, -0.2) is 51.8 Å². The molecule has 0 radical (unpaired) electrons. The standard InChI is InChI=1S/C12H27N3O2S/c1-2-15-8-5-12(6-9-15)11-14-18(16,17)10-4-3-7-13/h12,14H,2-11,13H2,1H3. The maximum absolute atomic E-state index is 11.7. The van der Waals surface area contributed by atoms with Crippen LogP contribution in [0, 0.1) is 5.92 Å². The second-order valence-electron chi connectivity index (χ2n) is 5.04. The quantitative estimate of drug-likeness (QED) is 0.629. The normalized spacial score (nSPS) is 19.2. The number of hydrogen-bond donors (Lipinski definition) is 2. The van der Waals surface area contributed by atoms with Crippen molar-refractivity contribution in [2.75, 3.05) is 38.5 Å². The van der Waals surface area contributed by atoms with Crippen molar-refractivity contribution in [2.45, 2.75) is 32.6 Å². The van der Waals surface area contributed by atoms with Gasteiger partial charge in [0.15, 0.2) is 0 Å². The van der Waals surface area contributed by atoms with Crippen molar-refractivity contribution in [3.8, 4) is 0 Å². The van der Waals surface area contributed by atoms with Crippen molar-refractivity contribution in [2.24, 2.45) is 11.7 Å². The highest BCUT2D eigenvalue weighted by atomic mass is 32.2. The second kappa shape index (κ2) is 8.09. The largest absolute Gasteiger partial charge is 0.330 e. The number of unbranched alkanes of at least 4 members (excludes halogenated alkanes) is 1. The van der Waals surface area contributed by atoms with Crippen molar-refractivity contribution < 1.29 is 8.42 Å². The Morgan fingerprint density at radius 1 is 1.28 bits per heavy atom. The summed E-state index contributed by atoms with van der Waals surface area (Å²) in [5.41, 5.74) is 5.36. The molecule has 1 aliphatic rings. The molecule has 1 heterocycles. The number of nitrogens with zero attached hydrogens (tertiary/aromatic N) is 1. The lowest BCUT2D eigenvalue weighted by Gasteiger charge is -2.30. The third-order valence-corrected chi connectivity index (χ3v) is 5.05. The predicted molar refractivity (Wildman–Crippen MR) is 74.9 cm³/mol. The van der Waals surface area contributed by atoms with Crippen molar-refractivity contribution in [1.29, 1.82) is 0 Å². The second-order valence-corrected chi connectivity index (χ2v) is 6.97. The van der Waals surface area contributed by atoms with Crippen LogP contribution in [0.15, 0.2) is 0 Å². The summed E-state index contributed by atoms with van der Waals surface area (Å²) in [5.74, 6) is 0.704. The first-order valence-electron chi connectivity index (χ1n) is 6.97. The Hall–Kier alpha value is -0.170. The summed E-state index contributed by atoms with van der Waals surface area (Å²) in [4.78, 5) is 2.41. The smallest absolute Gasteiger partial charge is 0.211 e. The molecule has 5 nitrogen and oxygen atoms in total. The predicted octanol–water partition coefficient (Wildman–Crippen LogP) is 0.377. The van der Waals surface area contributed by atoms with E-state index in [1.165, 1.54) is 0 Å². The number of hydrogen-bond acceptors (Lipinski definition) is 4. The molecule has 0 atom stereocenters. The fraction of sp³-hybridized carbons (Fsp3) is 1.00. The number of piperidine rings is 1. The Bertz CT molecular complexity index is 311. The van der Waals surface area contributed by atoms with E-state index in [1.54, 1.807) is 0 Å². The van der Waals surface area contributed by atoms with E-state index in [9.17, 15) is 8.42 Å². The zero-order valence-electron chi connectivity index (χ0n) is 11.4. The molecule has 18 heavy (non-hydrogen) atoms. The molecule has 0 aromatic carbocycles. The monoisotopic (exact) mass is 277 g/mol. The van der Waals surface area contributed by atoms with Gasteiger partial charge in [-0.3, -0.25) is 0 Å². The summed E-state index contributed by atoms with van der Waals surface area (Å²) in [6.45, 7) is 6.61. The highest BCUT2D eigenvalue weighted by Crippen LogP contribution is 2.16. The van der Waals surface area contributed by atoms with Gasteiger partial charge in [-0.25, -0.2) is 13.1 Å². The molecule has 1 fully saturated rings. The van der Waals surface area contributed by atoms with Gasteiger partial charge in [0.2, 0.25) is 10.0 Å². The minimum absolute atomic E-state index is 0.206. The van der Waals surface area contributed by atoms with E-state index in [-0.39, 0.29) is 5.75 Å². The lowest BCUT2D eigenvalue weighted by molar-refractivity contribution is 0.193. The molecule has 1 saturated heterocycles. The van der Waals surface area contributed by atoms with Gasteiger partial charge in [-0.05, 0) is 57.8 Å². The highest BCUT2D eigenvalue weighted by Gasteiger charge is 2.19. The van der Waals surface area contributed by atoms with Gasteiger partial charge in [-0.2, -0.15) is 0 Å². The first-order valence-corrected chi connectivity index (χ1v) is 8.62. The molecule has 0 amide bonds. The van der Waals surface area contributed by atoms with Gasteiger partial charge in [-0.1, -0.05) is 6.92 Å². The van der Waals surface area contributed by atoms with Crippen molar-refractivity contribution in [3.05, 3.63) is 0 Å². The van der Waals surface area contributed by atoms with Crippen LogP contribution in [0.5, 0.6) is 0 Å². The molecule has 0 saturated carbocycles. The summed E-state index contributed by atoms with van der Waals surface area (Å²) < 4.78 is 26.1.